The summed E-state index contributed by atoms with van der Waals surface area (Å²) in [6.45, 7) is 0.186. The Labute approximate surface area is 129 Å². The summed E-state index contributed by atoms with van der Waals surface area (Å²) < 4.78 is 15.5. The van der Waals surface area contributed by atoms with Gasteiger partial charge in [-0.25, -0.2) is 4.98 Å². The average Bonchev–Trinajstić information content (AvgIpc) is 3.16. The molecule has 6 nitrogen and oxygen atoms in total. The Morgan fingerprint density at radius 3 is 2.86 bits per heavy atom. The highest BCUT2D eigenvalue weighted by atomic mass is 32.1. The molecule has 2 heterocycles. The fraction of sp³-hybridized carbons (Fsp3) is 0.133. The van der Waals surface area contributed by atoms with Gasteiger partial charge >= 0.3 is 0 Å². The number of hydrogen-bond acceptors (Lipinski definition) is 7. The van der Waals surface area contributed by atoms with E-state index in [1.165, 1.54) is 24.5 Å². The van der Waals surface area contributed by atoms with Gasteiger partial charge in [0.05, 0.1) is 7.11 Å². The first-order chi connectivity index (χ1) is 10.7. The van der Waals surface area contributed by atoms with E-state index in [4.69, 9.17) is 14.2 Å². The Balaban J connectivity index is 1.79. The number of rotatable bonds is 2. The van der Waals surface area contributed by atoms with Crippen LogP contribution in [0.3, 0.4) is 0 Å². The first-order valence-corrected chi connectivity index (χ1v) is 7.24. The molecule has 1 aromatic carbocycles. The van der Waals surface area contributed by atoms with E-state index in [2.05, 4.69) is 4.98 Å². The van der Waals surface area contributed by atoms with Crippen molar-refractivity contribution in [2.75, 3.05) is 13.9 Å². The van der Waals surface area contributed by atoms with E-state index in [0.29, 0.717) is 21.4 Å². The van der Waals surface area contributed by atoms with Gasteiger partial charge in [-0.3, -0.25) is 9.59 Å². The number of ether oxygens (including phenoxy) is 3. The van der Waals surface area contributed by atoms with Crippen molar-refractivity contribution in [3.05, 3.63) is 40.6 Å². The van der Waals surface area contributed by atoms with Crippen LogP contribution >= 0.6 is 11.3 Å². The second kappa shape index (κ2) is 4.67. The van der Waals surface area contributed by atoms with Crippen LogP contribution in [-0.2, 0) is 4.74 Å². The molecule has 22 heavy (non-hydrogen) atoms. The molecule has 7 heteroatoms. The number of carbonyl (C=O) groups is 2. The maximum Gasteiger partial charge on any atom is 0.240 e. The molecule has 0 fully saturated rings. The van der Waals surface area contributed by atoms with Gasteiger partial charge in [-0.1, -0.05) is 0 Å². The molecule has 0 spiro atoms. The number of nitrogens with zero attached hydrogens (tertiary/aromatic N) is 1. The summed E-state index contributed by atoms with van der Waals surface area (Å²) in [5, 5.41) is 0.579. The summed E-state index contributed by atoms with van der Waals surface area (Å²) in [6.07, 6.45) is 1.17. The molecule has 0 amide bonds. The standard InChI is InChI=1S/C15H9NO5S/c1-19-11-5-8(17)12-14(13(11)18)22-15(16-12)7-2-3-9-10(4-7)21-6-20-9/h2-5H,6H2,1H3. The molecule has 0 radical (unpaired) electrons. The first kappa shape index (κ1) is 13.0. The summed E-state index contributed by atoms with van der Waals surface area (Å²) in [5.74, 6) is 0.689. The Kier molecular flexibility index (Phi) is 2.77. The minimum Gasteiger partial charge on any atom is -0.492 e. The molecule has 0 bridgehead atoms. The van der Waals surface area contributed by atoms with Crippen LogP contribution in [-0.4, -0.2) is 30.5 Å². The Morgan fingerprint density at radius 1 is 1.23 bits per heavy atom. The van der Waals surface area contributed by atoms with Crippen LogP contribution in [0.4, 0.5) is 0 Å². The van der Waals surface area contributed by atoms with Crippen LogP contribution in [0, 0.1) is 0 Å². The summed E-state index contributed by atoms with van der Waals surface area (Å²) in [6, 6.07) is 5.38. The third-order valence-electron chi connectivity index (χ3n) is 3.39. The molecule has 2 aromatic rings. The summed E-state index contributed by atoms with van der Waals surface area (Å²) in [7, 11) is 1.36. The number of allylic oxidation sites excluding steroid dienone is 2. The highest BCUT2D eigenvalue weighted by Crippen LogP contribution is 2.38. The largest absolute Gasteiger partial charge is 0.492 e. The molecule has 1 aliphatic carbocycles. The summed E-state index contributed by atoms with van der Waals surface area (Å²) in [5.41, 5.74) is 0.937. The SMILES string of the molecule is COC1=CC(=O)c2nc(-c3ccc4c(c3)OCO4)sc2C1=O. The molecule has 4 rings (SSSR count). The van der Waals surface area contributed by atoms with Gasteiger partial charge in [0, 0.05) is 11.6 Å². The lowest BCUT2D eigenvalue weighted by Gasteiger charge is -2.08. The lowest BCUT2D eigenvalue weighted by molar-refractivity contribution is 0.0919. The van der Waals surface area contributed by atoms with Gasteiger partial charge in [0.15, 0.2) is 17.3 Å². The Hall–Kier alpha value is -2.67. The molecule has 1 aliphatic heterocycles. The van der Waals surface area contributed by atoms with E-state index in [-0.39, 0.29) is 29.8 Å². The van der Waals surface area contributed by atoms with Crippen molar-refractivity contribution >= 4 is 22.9 Å². The van der Waals surface area contributed by atoms with Crippen molar-refractivity contribution in [2.45, 2.75) is 0 Å². The molecule has 0 saturated carbocycles. The number of thiazole rings is 1. The zero-order chi connectivity index (χ0) is 15.3. The summed E-state index contributed by atoms with van der Waals surface area (Å²) in [4.78, 5) is 28.8. The molecule has 110 valence electrons. The van der Waals surface area contributed by atoms with E-state index in [1.54, 1.807) is 12.1 Å². The normalized spacial score (nSPS) is 15.6. The fourth-order valence-electron chi connectivity index (χ4n) is 2.31. The maximum absolute atomic E-state index is 12.2. The molecular weight excluding hydrogens is 306 g/mol. The number of benzene rings is 1. The Bertz CT molecular complexity index is 852. The third-order valence-corrected chi connectivity index (χ3v) is 4.50. The van der Waals surface area contributed by atoms with E-state index in [0.717, 1.165) is 5.56 Å². The van der Waals surface area contributed by atoms with Gasteiger partial charge in [0.2, 0.25) is 18.4 Å². The summed E-state index contributed by atoms with van der Waals surface area (Å²) >= 11 is 1.17. The smallest absolute Gasteiger partial charge is 0.240 e. The van der Waals surface area contributed by atoms with Crippen LogP contribution in [0.1, 0.15) is 20.2 Å². The van der Waals surface area contributed by atoms with Gasteiger partial charge in [0.1, 0.15) is 15.6 Å². The quantitative estimate of drug-likeness (QED) is 0.847. The van der Waals surface area contributed by atoms with Crippen molar-refractivity contribution in [1.82, 2.24) is 4.98 Å². The zero-order valence-electron chi connectivity index (χ0n) is 11.4. The van der Waals surface area contributed by atoms with Crippen molar-refractivity contribution in [2.24, 2.45) is 0 Å². The maximum atomic E-state index is 12.2. The second-order valence-corrected chi connectivity index (χ2v) is 5.67. The van der Waals surface area contributed by atoms with Crippen LogP contribution < -0.4 is 9.47 Å². The number of aromatic nitrogens is 1. The average molecular weight is 315 g/mol. The van der Waals surface area contributed by atoms with Crippen LogP contribution in [0.2, 0.25) is 0 Å². The van der Waals surface area contributed by atoms with Crippen LogP contribution in [0.5, 0.6) is 11.5 Å². The van der Waals surface area contributed by atoms with E-state index >= 15 is 0 Å². The molecule has 0 saturated heterocycles. The lowest BCUT2D eigenvalue weighted by atomic mass is 10.1. The predicted molar refractivity (Wildman–Crippen MR) is 77.4 cm³/mol. The van der Waals surface area contributed by atoms with Gasteiger partial charge in [-0.2, -0.15) is 0 Å². The molecule has 2 aliphatic rings. The van der Waals surface area contributed by atoms with E-state index in [1.807, 2.05) is 6.07 Å². The highest BCUT2D eigenvalue weighted by molar-refractivity contribution is 7.17. The number of ketones is 2. The minimum atomic E-state index is -0.324. The van der Waals surface area contributed by atoms with E-state index < -0.39 is 0 Å². The lowest BCUT2D eigenvalue weighted by Crippen LogP contribution is -2.16. The van der Waals surface area contributed by atoms with Crippen LogP contribution in [0.15, 0.2) is 30.0 Å². The predicted octanol–water partition coefficient (Wildman–Crippen LogP) is 2.45. The molecule has 0 unspecified atom stereocenters. The van der Waals surface area contributed by atoms with Gasteiger partial charge < -0.3 is 14.2 Å². The van der Waals surface area contributed by atoms with Crippen molar-refractivity contribution in [3.63, 3.8) is 0 Å². The van der Waals surface area contributed by atoms with Crippen molar-refractivity contribution < 1.29 is 23.8 Å². The van der Waals surface area contributed by atoms with Gasteiger partial charge in [-0.15, -0.1) is 11.3 Å². The monoisotopic (exact) mass is 315 g/mol. The number of hydrogen-bond donors (Lipinski definition) is 0. The Morgan fingerprint density at radius 2 is 2.05 bits per heavy atom. The molecule has 1 aromatic heterocycles. The van der Waals surface area contributed by atoms with Gasteiger partial charge in [0.25, 0.3) is 0 Å². The van der Waals surface area contributed by atoms with E-state index in [9.17, 15) is 9.59 Å². The van der Waals surface area contributed by atoms with Crippen molar-refractivity contribution in [3.8, 4) is 22.1 Å². The second-order valence-electron chi connectivity index (χ2n) is 4.67. The molecule has 0 atom stereocenters. The fourth-order valence-corrected chi connectivity index (χ4v) is 3.32. The highest BCUT2D eigenvalue weighted by Gasteiger charge is 2.31. The number of carbonyl (C=O) groups excluding carboxylic acids is 2. The topological polar surface area (TPSA) is 74.7 Å². The minimum absolute atomic E-state index is 0.0402. The van der Waals surface area contributed by atoms with Crippen molar-refractivity contribution in [1.29, 1.82) is 0 Å². The molecule has 0 N–H and O–H groups in total. The number of fused-ring (bicyclic) bond motifs is 2. The first-order valence-electron chi connectivity index (χ1n) is 6.43. The third kappa shape index (κ3) is 1.82. The van der Waals surface area contributed by atoms with Gasteiger partial charge in [-0.05, 0) is 18.2 Å². The van der Waals surface area contributed by atoms with Crippen LogP contribution in [0.25, 0.3) is 10.6 Å². The number of methoxy groups -OCH3 is 1. The zero-order valence-corrected chi connectivity index (χ0v) is 12.2. The number of Topliss-reactive ketones (excluding diaryl/α,β-unsaturated/α-hetero) is 1. The molecular formula is C15H9NO5S.